The van der Waals surface area contributed by atoms with Crippen LogP contribution in [0, 0.1) is 5.92 Å². The van der Waals surface area contributed by atoms with Crippen LogP contribution in [0.4, 0.5) is 0 Å². The summed E-state index contributed by atoms with van der Waals surface area (Å²) in [7, 11) is -2.96. The number of sulfone groups is 1. The molecule has 0 saturated carbocycles. The van der Waals surface area contributed by atoms with Gasteiger partial charge in [0.05, 0.1) is 27.8 Å². The van der Waals surface area contributed by atoms with Crippen molar-refractivity contribution in [3.8, 4) is 0 Å². The van der Waals surface area contributed by atoms with E-state index >= 15 is 0 Å². The normalized spacial score (nSPS) is 20.8. The summed E-state index contributed by atoms with van der Waals surface area (Å²) in [6.45, 7) is 0. The van der Waals surface area contributed by atoms with Crippen molar-refractivity contribution in [2.24, 2.45) is 11.0 Å². The van der Waals surface area contributed by atoms with Crippen LogP contribution < -0.4 is 5.43 Å². The molecule has 1 N–H and O–H groups in total. The van der Waals surface area contributed by atoms with Gasteiger partial charge in [0.2, 0.25) is 5.91 Å². The van der Waals surface area contributed by atoms with E-state index in [-0.39, 0.29) is 29.8 Å². The Morgan fingerprint density at radius 1 is 1.38 bits per heavy atom. The SMILES string of the molecule is O=C(C[C@H]1CCS(=O)(=O)C1)N/N=C\c1ccc(Cl)c(Cl)c1. The molecule has 1 heterocycles. The molecule has 1 saturated heterocycles. The van der Waals surface area contributed by atoms with Gasteiger partial charge in [-0.1, -0.05) is 29.3 Å². The third kappa shape index (κ3) is 4.98. The van der Waals surface area contributed by atoms with Gasteiger partial charge in [0.1, 0.15) is 0 Å². The molecule has 1 atom stereocenters. The van der Waals surface area contributed by atoms with E-state index in [1.807, 2.05) is 0 Å². The summed E-state index contributed by atoms with van der Waals surface area (Å²) in [6.07, 6.45) is 2.15. The first-order valence-corrected chi connectivity index (χ1v) is 8.91. The van der Waals surface area contributed by atoms with Crippen molar-refractivity contribution in [3.63, 3.8) is 0 Å². The number of carbonyl (C=O) groups excluding carboxylic acids is 1. The van der Waals surface area contributed by atoms with Crippen LogP contribution in [0.2, 0.25) is 10.0 Å². The highest BCUT2D eigenvalue weighted by Crippen LogP contribution is 2.22. The summed E-state index contributed by atoms with van der Waals surface area (Å²) in [6, 6.07) is 4.98. The number of hydrogen-bond donors (Lipinski definition) is 1. The van der Waals surface area contributed by atoms with E-state index in [0.29, 0.717) is 22.0 Å². The lowest BCUT2D eigenvalue weighted by Gasteiger charge is -2.05. The molecule has 8 heteroatoms. The van der Waals surface area contributed by atoms with Gasteiger partial charge in [0.15, 0.2) is 9.84 Å². The number of nitrogens with zero attached hydrogens (tertiary/aromatic N) is 1. The zero-order valence-corrected chi connectivity index (χ0v) is 13.4. The van der Waals surface area contributed by atoms with E-state index in [4.69, 9.17) is 23.2 Å². The smallest absolute Gasteiger partial charge is 0.240 e. The highest BCUT2D eigenvalue weighted by molar-refractivity contribution is 7.91. The fraction of sp³-hybridized carbons (Fsp3) is 0.385. The molecule has 5 nitrogen and oxygen atoms in total. The Kier molecular flexibility index (Phi) is 5.24. The summed E-state index contributed by atoms with van der Waals surface area (Å²) in [5, 5.41) is 4.67. The minimum atomic E-state index is -2.96. The van der Waals surface area contributed by atoms with E-state index < -0.39 is 9.84 Å². The van der Waals surface area contributed by atoms with Crippen LogP contribution in [0.5, 0.6) is 0 Å². The average molecular weight is 349 g/mol. The molecule has 0 aromatic heterocycles. The maximum Gasteiger partial charge on any atom is 0.240 e. The third-order valence-corrected chi connectivity index (χ3v) is 5.72. The summed E-state index contributed by atoms with van der Waals surface area (Å²) in [5.74, 6) is -0.169. The molecule has 2 rings (SSSR count). The van der Waals surface area contributed by atoms with E-state index in [9.17, 15) is 13.2 Å². The van der Waals surface area contributed by atoms with Crippen LogP contribution in [0.1, 0.15) is 18.4 Å². The van der Waals surface area contributed by atoms with Gasteiger partial charge in [-0.25, -0.2) is 13.8 Å². The van der Waals surface area contributed by atoms with Crippen LogP contribution >= 0.6 is 23.2 Å². The molecule has 21 heavy (non-hydrogen) atoms. The van der Waals surface area contributed by atoms with Crippen LogP contribution in [0.25, 0.3) is 0 Å². The van der Waals surface area contributed by atoms with Crippen LogP contribution in [0.3, 0.4) is 0 Å². The van der Waals surface area contributed by atoms with Gasteiger partial charge in [-0.3, -0.25) is 4.79 Å². The zero-order chi connectivity index (χ0) is 15.5. The standard InChI is InChI=1S/C13H14Cl2N2O3S/c14-11-2-1-9(5-12(11)15)7-16-17-13(18)6-10-3-4-21(19,20)8-10/h1-2,5,7,10H,3-4,6,8H2,(H,17,18)/b16-7-/t10-/m1/s1. The molecule has 1 aromatic rings. The van der Waals surface area contributed by atoms with Gasteiger partial charge in [-0.15, -0.1) is 0 Å². The Morgan fingerprint density at radius 3 is 2.76 bits per heavy atom. The quantitative estimate of drug-likeness (QED) is 0.669. The summed E-state index contributed by atoms with van der Waals surface area (Å²) < 4.78 is 22.6. The topological polar surface area (TPSA) is 75.6 Å². The minimum Gasteiger partial charge on any atom is -0.273 e. The van der Waals surface area contributed by atoms with Gasteiger partial charge < -0.3 is 0 Å². The monoisotopic (exact) mass is 348 g/mol. The Hall–Kier alpha value is -1.11. The molecule has 1 aliphatic heterocycles. The zero-order valence-electron chi connectivity index (χ0n) is 11.1. The lowest BCUT2D eigenvalue weighted by molar-refractivity contribution is -0.121. The van der Waals surface area contributed by atoms with Crippen molar-refractivity contribution in [3.05, 3.63) is 33.8 Å². The van der Waals surface area contributed by atoms with Crippen molar-refractivity contribution in [2.45, 2.75) is 12.8 Å². The van der Waals surface area contributed by atoms with Crippen LogP contribution in [-0.2, 0) is 14.6 Å². The number of carbonyl (C=O) groups is 1. The first-order chi connectivity index (χ1) is 9.85. The number of benzene rings is 1. The van der Waals surface area contributed by atoms with Gasteiger partial charge in [0.25, 0.3) is 0 Å². The van der Waals surface area contributed by atoms with Crippen molar-refractivity contribution in [1.29, 1.82) is 0 Å². The maximum atomic E-state index is 11.7. The molecule has 0 radical (unpaired) electrons. The van der Waals surface area contributed by atoms with Gasteiger partial charge >= 0.3 is 0 Å². The van der Waals surface area contributed by atoms with Crippen LogP contribution in [0.15, 0.2) is 23.3 Å². The molecule has 0 unspecified atom stereocenters. The van der Waals surface area contributed by atoms with E-state index in [1.54, 1.807) is 18.2 Å². The van der Waals surface area contributed by atoms with Crippen molar-refractivity contribution in [2.75, 3.05) is 11.5 Å². The lowest BCUT2D eigenvalue weighted by Crippen LogP contribution is -2.21. The molecule has 0 spiro atoms. The molecule has 1 fully saturated rings. The highest BCUT2D eigenvalue weighted by atomic mass is 35.5. The van der Waals surface area contributed by atoms with Gasteiger partial charge in [0, 0.05) is 6.42 Å². The highest BCUT2D eigenvalue weighted by Gasteiger charge is 2.29. The summed E-state index contributed by atoms with van der Waals surface area (Å²) in [4.78, 5) is 11.7. The number of nitrogens with one attached hydrogen (secondary N) is 1. The Bertz CT molecular complexity index is 674. The Morgan fingerprint density at radius 2 is 2.14 bits per heavy atom. The molecule has 0 bridgehead atoms. The average Bonchev–Trinajstić information content (AvgIpc) is 2.73. The molecule has 1 amide bonds. The summed E-state index contributed by atoms with van der Waals surface area (Å²) >= 11 is 11.6. The predicted octanol–water partition coefficient (Wildman–Crippen LogP) is 2.27. The molecular formula is C13H14Cl2N2O3S. The number of halogens is 2. The largest absolute Gasteiger partial charge is 0.273 e. The van der Waals surface area contributed by atoms with E-state index in [2.05, 4.69) is 10.5 Å². The first kappa shape index (κ1) is 16.3. The fourth-order valence-corrected chi connectivity index (χ4v) is 4.28. The molecule has 1 aliphatic rings. The number of rotatable bonds is 4. The van der Waals surface area contributed by atoms with Gasteiger partial charge in [-0.2, -0.15) is 5.10 Å². The van der Waals surface area contributed by atoms with E-state index in [1.165, 1.54) is 6.21 Å². The summed E-state index contributed by atoms with van der Waals surface area (Å²) in [5.41, 5.74) is 3.08. The maximum absolute atomic E-state index is 11.7. The lowest BCUT2D eigenvalue weighted by atomic mass is 10.1. The number of hydrogen-bond acceptors (Lipinski definition) is 4. The number of hydrazone groups is 1. The minimum absolute atomic E-state index is 0.0803. The molecule has 1 aromatic carbocycles. The van der Waals surface area contributed by atoms with Crippen molar-refractivity contribution in [1.82, 2.24) is 5.43 Å². The second kappa shape index (κ2) is 6.77. The van der Waals surface area contributed by atoms with Crippen LogP contribution in [-0.4, -0.2) is 32.0 Å². The van der Waals surface area contributed by atoms with E-state index in [0.717, 1.165) is 0 Å². The van der Waals surface area contributed by atoms with Crippen molar-refractivity contribution >= 4 is 45.2 Å². The second-order valence-corrected chi connectivity index (χ2v) is 7.98. The first-order valence-electron chi connectivity index (χ1n) is 6.33. The Labute approximate surface area is 133 Å². The third-order valence-electron chi connectivity index (χ3n) is 3.15. The fourth-order valence-electron chi connectivity index (χ4n) is 2.11. The second-order valence-electron chi connectivity index (χ2n) is 4.94. The van der Waals surface area contributed by atoms with Gasteiger partial charge in [-0.05, 0) is 30.0 Å². The number of amides is 1. The molecule has 114 valence electrons. The predicted molar refractivity (Wildman–Crippen MR) is 83.6 cm³/mol. The van der Waals surface area contributed by atoms with Crippen molar-refractivity contribution < 1.29 is 13.2 Å². The molecule has 0 aliphatic carbocycles. The Balaban J connectivity index is 1.83. The molecular weight excluding hydrogens is 335 g/mol.